The van der Waals surface area contributed by atoms with Crippen molar-refractivity contribution in [3.63, 3.8) is 0 Å². The average Bonchev–Trinajstić information content (AvgIpc) is 2.54. The van der Waals surface area contributed by atoms with Gasteiger partial charge in [0.2, 0.25) is 0 Å². The fraction of sp³-hybridized carbons (Fsp3) is 0.188. The van der Waals surface area contributed by atoms with Crippen molar-refractivity contribution in [3.05, 3.63) is 58.9 Å². The maximum atomic E-state index is 13.6. The van der Waals surface area contributed by atoms with Gasteiger partial charge < -0.3 is 21.5 Å². The third-order valence-electron chi connectivity index (χ3n) is 3.36. The van der Waals surface area contributed by atoms with Gasteiger partial charge in [0.25, 0.3) is 5.91 Å². The van der Waals surface area contributed by atoms with Gasteiger partial charge in [-0.05, 0) is 35.4 Å². The summed E-state index contributed by atoms with van der Waals surface area (Å²) in [5, 5.41) is 2.60. The zero-order valence-electron chi connectivity index (χ0n) is 12.6. The molecule has 0 aliphatic carbocycles. The molecule has 0 atom stereocenters. The summed E-state index contributed by atoms with van der Waals surface area (Å²) in [6.45, 7) is -2.78. The van der Waals surface area contributed by atoms with Crippen LogP contribution in [0.2, 0.25) is 0 Å². The maximum Gasteiger partial charge on any atom is 0.387 e. The van der Waals surface area contributed by atoms with Crippen LogP contribution >= 0.6 is 0 Å². The lowest BCUT2D eigenvalue weighted by atomic mass is 10.1. The van der Waals surface area contributed by atoms with Crippen LogP contribution in [0, 0.1) is 5.82 Å². The number of rotatable bonds is 6. The van der Waals surface area contributed by atoms with Crippen molar-refractivity contribution in [1.29, 1.82) is 0 Å². The lowest BCUT2D eigenvalue weighted by Gasteiger charge is -2.12. The summed E-state index contributed by atoms with van der Waals surface area (Å²) in [7, 11) is 0. The quantitative estimate of drug-likeness (QED) is 0.705. The smallest absolute Gasteiger partial charge is 0.387 e. The molecule has 0 bridgehead atoms. The van der Waals surface area contributed by atoms with Crippen molar-refractivity contribution in [2.75, 3.05) is 5.73 Å². The summed E-state index contributed by atoms with van der Waals surface area (Å²) in [5.41, 5.74) is 13.4. The first kappa shape index (κ1) is 17.6. The highest BCUT2D eigenvalue weighted by atomic mass is 19.3. The van der Waals surface area contributed by atoms with Crippen molar-refractivity contribution in [3.8, 4) is 5.75 Å². The van der Waals surface area contributed by atoms with E-state index < -0.39 is 24.1 Å². The molecule has 0 saturated carbocycles. The van der Waals surface area contributed by atoms with E-state index in [1.54, 1.807) is 18.2 Å². The molecular weight excluding hydrogens is 323 g/mol. The molecule has 5 nitrogen and oxygen atoms in total. The number of carbonyl (C=O) groups is 1. The van der Waals surface area contributed by atoms with Gasteiger partial charge in [0, 0.05) is 24.3 Å². The first-order valence-corrected chi connectivity index (χ1v) is 7.01. The van der Waals surface area contributed by atoms with Crippen molar-refractivity contribution >= 4 is 11.6 Å². The zero-order chi connectivity index (χ0) is 17.7. The third-order valence-corrected chi connectivity index (χ3v) is 3.36. The van der Waals surface area contributed by atoms with Crippen molar-refractivity contribution in [1.82, 2.24) is 5.32 Å². The molecule has 2 aromatic carbocycles. The summed E-state index contributed by atoms with van der Waals surface area (Å²) in [6, 6.07) is 8.19. The van der Waals surface area contributed by atoms with E-state index in [0.29, 0.717) is 11.3 Å². The number of halogens is 3. The summed E-state index contributed by atoms with van der Waals surface area (Å²) >= 11 is 0. The van der Waals surface area contributed by atoms with E-state index in [9.17, 15) is 18.0 Å². The minimum atomic E-state index is -3.14. The Bertz CT molecular complexity index is 739. The van der Waals surface area contributed by atoms with Gasteiger partial charge in [-0.1, -0.05) is 12.1 Å². The van der Waals surface area contributed by atoms with Gasteiger partial charge in [0.1, 0.15) is 0 Å². The molecule has 0 radical (unpaired) electrons. The standard InChI is InChI=1S/C16H16F3N3O2/c17-12-6-9(4-5-14(12)24-16(18)19)15(23)22-8-10-2-1-3-13(21)11(10)7-20/h1-6,16H,7-8,20-21H2,(H,22,23). The highest BCUT2D eigenvalue weighted by molar-refractivity contribution is 5.94. The van der Waals surface area contributed by atoms with Crippen molar-refractivity contribution < 1.29 is 22.7 Å². The van der Waals surface area contributed by atoms with Gasteiger partial charge in [-0.25, -0.2) is 4.39 Å². The molecule has 2 rings (SSSR count). The average molecular weight is 339 g/mol. The summed E-state index contributed by atoms with van der Waals surface area (Å²) < 4.78 is 41.8. The largest absolute Gasteiger partial charge is 0.432 e. The zero-order valence-corrected chi connectivity index (χ0v) is 12.6. The molecule has 0 unspecified atom stereocenters. The monoisotopic (exact) mass is 339 g/mol. The Morgan fingerprint density at radius 2 is 2.00 bits per heavy atom. The molecule has 0 aromatic heterocycles. The predicted molar refractivity (Wildman–Crippen MR) is 82.9 cm³/mol. The van der Waals surface area contributed by atoms with Crippen LogP contribution in [-0.4, -0.2) is 12.5 Å². The number of nitrogens with one attached hydrogen (secondary N) is 1. The fourth-order valence-corrected chi connectivity index (χ4v) is 2.18. The molecule has 0 fully saturated rings. The van der Waals surface area contributed by atoms with Gasteiger partial charge in [-0.15, -0.1) is 0 Å². The number of hydrogen-bond donors (Lipinski definition) is 3. The maximum absolute atomic E-state index is 13.6. The van der Waals surface area contributed by atoms with Gasteiger partial charge in [0.05, 0.1) is 0 Å². The van der Waals surface area contributed by atoms with E-state index in [0.717, 1.165) is 17.7 Å². The molecule has 5 N–H and O–H groups in total. The van der Waals surface area contributed by atoms with E-state index in [1.165, 1.54) is 6.07 Å². The second-order valence-corrected chi connectivity index (χ2v) is 4.90. The second-order valence-electron chi connectivity index (χ2n) is 4.90. The van der Waals surface area contributed by atoms with Crippen molar-refractivity contribution in [2.24, 2.45) is 5.73 Å². The molecule has 128 valence electrons. The highest BCUT2D eigenvalue weighted by Crippen LogP contribution is 2.21. The van der Waals surface area contributed by atoms with Crippen LogP contribution in [0.3, 0.4) is 0 Å². The Morgan fingerprint density at radius 1 is 1.25 bits per heavy atom. The molecule has 0 aliphatic heterocycles. The first-order valence-electron chi connectivity index (χ1n) is 7.01. The predicted octanol–water partition coefficient (Wildman–Crippen LogP) is 2.40. The second kappa shape index (κ2) is 7.69. The van der Waals surface area contributed by atoms with Crippen molar-refractivity contribution in [2.45, 2.75) is 19.7 Å². The van der Waals surface area contributed by atoms with E-state index in [2.05, 4.69) is 10.1 Å². The minimum Gasteiger partial charge on any atom is -0.432 e. The summed E-state index contributed by atoms with van der Waals surface area (Å²) in [6.07, 6.45) is 0. The molecule has 8 heteroatoms. The highest BCUT2D eigenvalue weighted by Gasteiger charge is 2.14. The number of nitrogens with two attached hydrogens (primary N) is 2. The first-order chi connectivity index (χ1) is 11.4. The van der Waals surface area contributed by atoms with Crippen LogP contribution in [0.25, 0.3) is 0 Å². The van der Waals surface area contributed by atoms with Crippen LogP contribution in [0.5, 0.6) is 5.75 Å². The van der Waals surface area contributed by atoms with E-state index in [4.69, 9.17) is 11.5 Å². The normalized spacial score (nSPS) is 10.7. The number of anilines is 1. The summed E-state index contributed by atoms with van der Waals surface area (Å²) in [4.78, 5) is 12.1. The minimum absolute atomic E-state index is 0.0210. The number of ether oxygens (including phenoxy) is 1. The Balaban J connectivity index is 2.08. The van der Waals surface area contributed by atoms with Gasteiger partial charge in [-0.3, -0.25) is 4.79 Å². The lowest BCUT2D eigenvalue weighted by Crippen LogP contribution is -2.24. The van der Waals surface area contributed by atoms with Gasteiger partial charge in [-0.2, -0.15) is 8.78 Å². The van der Waals surface area contributed by atoms with Crippen LogP contribution in [0.4, 0.5) is 18.9 Å². The van der Waals surface area contributed by atoms with E-state index in [1.807, 2.05) is 0 Å². The van der Waals surface area contributed by atoms with Crippen LogP contribution in [0.1, 0.15) is 21.5 Å². The Labute approximate surface area is 136 Å². The number of nitrogen functional groups attached to an aromatic ring is 1. The molecule has 0 saturated heterocycles. The number of benzene rings is 2. The molecule has 2 aromatic rings. The van der Waals surface area contributed by atoms with Crippen LogP contribution < -0.4 is 21.5 Å². The Kier molecular flexibility index (Phi) is 5.64. The lowest BCUT2D eigenvalue weighted by molar-refractivity contribution is -0.0521. The molecule has 0 aliphatic rings. The topological polar surface area (TPSA) is 90.4 Å². The number of amides is 1. The number of alkyl halides is 2. The van der Waals surface area contributed by atoms with Gasteiger partial charge >= 0.3 is 6.61 Å². The van der Waals surface area contributed by atoms with Gasteiger partial charge in [0.15, 0.2) is 11.6 Å². The SMILES string of the molecule is NCc1c(N)cccc1CNC(=O)c1ccc(OC(F)F)c(F)c1. The number of hydrogen-bond acceptors (Lipinski definition) is 4. The third kappa shape index (κ3) is 4.17. The number of carbonyl (C=O) groups excluding carboxylic acids is 1. The van der Waals surface area contributed by atoms with Crippen LogP contribution in [0.15, 0.2) is 36.4 Å². The van der Waals surface area contributed by atoms with E-state index >= 15 is 0 Å². The Morgan fingerprint density at radius 3 is 2.62 bits per heavy atom. The van der Waals surface area contributed by atoms with E-state index in [-0.39, 0.29) is 18.7 Å². The fourth-order valence-electron chi connectivity index (χ4n) is 2.18. The summed E-state index contributed by atoms with van der Waals surface area (Å²) in [5.74, 6) is -2.24. The molecule has 1 amide bonds. The molecular formula is C16H16F3N3O2. The van der Waals surface area contributed by atoms with Crippen LogP contribution in [-0.2, 0) is 13.1 Å². The molecule has 24 heavy (non-hydrogen) atoms. The Hall–Kier alpha value is -2.74. The molecule has 0 heterocycles. The molecule has 0 spiro atoms.